The van der Waals surface area contributed by atoms with Crippen LogP contribution in [0.5, 0.6) is 0 Å². The van der Waals surface area contributed by atoms with Crippen LogP contribution in [-0.4, -0.2) is 82.3 Å². The van der Waals surface area contributed by atoms with Crippen molar-refractivity contribution in [3.8, 4) is 0 Å². The first-order chi connectivity index (χ1) is 24.2. The predicted molar refractivity (Wildman–Crippen MR) is 189 cm³/mol. The van der Waals surface area contributed by atoms with Crippen molar-refractivity contribution in [3.05, 3.63) is 53.1 Å². The molecule has 1 aromatic carbocycles. The maximum atomic E-state index is 14.3. The number of ether oxygens (including phenoxy) is 2. The zero-order chi connectivity index (χ0) is 35.0. The van der Waals surface area contributed by atoms with E-state index < -0.39 is 48.2 Å². The van der Waals surface area contributed by atoms with E-state index in [4.69, 9.17) is 9.47 Å². The molecular weight excluding hydrogens is 659 g/mol. The third-order valence-corrected chi connectivity index (χ3v) is 11.1. The Labute approximate surface area is 298 Å². The Morgan fingerprint density at radius 3 is 2.66 bits per heavy atom. The lowest BCUT2D eigenvalue weighted by molar-refractivity contribution is -0.141. The van der Waals surface area contributed by atoms with Crippen LogP contribution in [0.3, 0.4) is 0 Å². The molecule has 50 heavy (non-hydrogen) atoms. The number of carbonyl (C=O) groups is 5. The van der Waals surface area contributed by atoms with E-state index in [0.717, 1.165) is 61.6 Å². The summed E-state index contributed by atoms with van der Waals surface area (Å²) in [6.45, 7) is 3.01. The number of hydrogen-bond donors (Lipinski definition) is 3. The summed E-state index contributed by atoms with van der Waals surface area (Å²) in [7, 11) is 0. The molecule has 13 heteroatoms. The molecule has 12 nitrogen and oxygen atoms in total. The zero-order valence-corrected chi connectivity index (χ0v) is 29.6. The maximum absolute atomic E-state index is 14.3. The number of benzene rings is 1. The van der Waals surface area contributed by atoms with Crippen LogP contribution in [0.4, 0.5) is 9.59 Å². The summed E-state index contributed by atoms with van der Waals surface area (Å²) in [5.74, 6) is -1.15. The van der Waals surface area contributed by atoms with Crippen LogP contribution in [0.1, 0.15) is 94.2 Å². The van der Waals surface area contributed by atoms with Gasteiger partial charge in [-0.15, -0.1) is 0 Å². The minimum absolute atomic E-state index is 0.0179. The molecule has 5 aliphatic rings. The largest absolute Gasteiger partial charge is 0.449 e. The molecule has 5 amide bonds. The van der Waals surface area contributed by atoms with Crippen molar-refractivity contribution in [1.82, 2.24) is 25.2 Å². The fourth-order valence-corrected chi connectivity index (χ4v) is 7.69. The van der Waals surface area contributed by atoms with Gasteiger partial charge in [-0.05, 0) is 85.9 Å². The zero-order valence-electron chi connectivity index (χ0n) is 28.8. The van der Waals surface area contributed by atoms with Crippen LogP contribution in [-0.2, 0) is 36.9 Å². The minimum atomic E-state index is -1.01. The Balaban J connectivity index is 1.26. The van der Waals surface area contributed by atoms with Crippen molar-refractivity contribution in [2.75, 3.05) is 13.2 Å². The monoisotopic (exact) mass is 707 g/mol. The fourth-order valence-electron chi connectivity index (χ4n) is 6.89. The summed E-state index contributed by atoms with van der Waals surface area (Å²) in [6, 6.07) is 3.24. The highest BCUT2D eigenvalue weighted by molar-refractivity contribution is 7.98. The van der Waals surface area contributed by atoms with Gasteiger partial charge in [0.05, 0.1) is 19.7 Å². The number of carbonyl (C=O) groups excluding carboxylic acids is 5. The normalized spacial score (nSPS) is 29.8. The van der Waals surface area contributed by atoms with Crippen molar-refractivity contribution >= 4 is 47.9 Å². The molecule has 6 rings (SSSR count). The predicted octanol–water partition coefficient (Wildman–Crippen LogP) is 4.97. The topological polar surface area (TPSA) is 146 Å². The smallest absolute Gasteiger partial charge is 0.410 e. The lowest BCUT2D eigenvalue weighted by Gasteiger charge is -2.29. The Kier molecular flexibility index (Phi) is 12.0. The van der Waals surface area contributed by atoms with Crippen molar-refractivity contribution in [2.45, 2.75) is 120 Å². The van der Waals surface area contributed by atoms with Gasteiger partial charge in [0.15, 0.2) is 0 Å². The van der Waals surface area contributed by atoms with E-state index in [1.54, 1.807) is 4.90 Å². The van der Waals surface area contributed by atoms with E-state index in [9.17, 15) is 24.0 Å². The Hall–Kier alpha value is -4.00. The third-order valence-electron chi connectivity index (χ3n) is 9.99. The molecule has 1 aliphatic carbocycles. The van der Waals surface area contributed by atoms with Crippen LogP contribution in [0.25, 0.3) is 6.08 Å². The summed E-state index contributed by atoms with van der Waals surface area (Å²) in [5, 5.41) is 6.08. The second-order valence-corrected chi connectivity index (χ2v) is 15.3. The first kappa shape index (κ1) is 35.8. The van der Waals surface area contributed by atoms with Crippen molar-refractivity contribution in [1.29, 1.82) is 0 Å². The van der Waals surface area contributed by atoms with Gasteiger partial charge in [-0.2, -0.15) is 0 Å². The number of fused-ring (bicyclic) bond motifs is 3. The number of hydrogen-bond acceptors (Lipinski definition) is 8. The first-order valence-electron chi connectivity index (χ1n) is 18.1. The Morgan fingerprint density at radius 1 is 0.960 bits per heavy atom. The molecule has 0 aromatic heterocycles. The van der Waals surface area contributed by atoms with E-state index in [1.165, 1.54) is 16.8 Å². The van der Waals surface area contributed by atoms with E-state index in [2.05, 4.69) is 27.5 Å². The van der Waals surface area contributed by atoms with Crippen LogP contribution in [0, 0.1) is 5.92 Å². The van der Waals surface area contributed by atoms with Crippen LogP contribution in [0.15, 0.2) is 36.4 Å². The van der Waals surface area contributed by atoms with Gasteiger partial charge in [0.2, 0.25) is 11.8 Å². The summed E-state index contributed by atoms with van der Waals surface area (Å²) in [4.78, 5) is 71.2. The standard InChI is InChI=1S/C37H49N5O7S/c1-24-11-8-9-12-25-13-10-14-26-20-41(22-29(25)26)37(47)49-27-19-32-34(44)38-30(33(43)40-50-28-17-18-28)15-6-4-2-3-5-7-16-31(35(45)42(32)21-27)39-36(46)48-23-24/h4,6,9-10,12-14,24,27-28,30-32H,2-3,5,7-8,11,15-23H2,1H3,(H,38,44)(H,39,46)(H,40,43)/b6-4-,12-9+/t24-,27+,30?,31+,32+/m1/s1. The molecule has 270 valence electrons. The van der Waals surface area contributed by atoms with Crippen molar-refractivity contribution < 1.29 is 33.4 Å². The number of rotatable bonds is 3. The van der Waals surface area contributed by atoms with Crippen LogP contribution in [0.2, 0.25) is 0 Å². The summed E-state index contributed by atoms with van der Waals surface area (Å²) in [6.07, 6.45) is 13.8. The highest BCUT2D eigenvalue weighted by atomic mass is 32.2. The molecule has 5 atom stereocenters. The van der Waals surface area contributed by atoms with Crippen LogP contribution < -0.4 is 15.4 Å². The molecule has 1 aromatic rings. The molecule has 0 spiro atoms. The number of cyclic esters (lactones) is 1. The van der Waals surface area contributed by atoms with Gasteiger partial charge in [-0.25, -0.2) is 9.59 Å². The average Bonchev–Trinajstić information content (AvgIpc) is 3.67. The molecular formula is C37H49N5O7S. The average molecular weight is 708 g/mol. The lowest BCUT2D eigenvalue weighted by atomic mass is 10.0. The van der Waals surface area contributed by atoms with E-state index in [0.29, 0.717) is 37.6 Å². The van der Waals surface area contributed by atoms with Crippen molar-refractivity contribution in [2.24, 2.45) is 5.92 Å². The fraction of sp³-hybridized carbons (Fsp3) is 0.595. The Bertz CT molecular complexity index is 1500. The quantitative estimate of drug-likeness (QED) is 0.295. The molecule has 5 bridgehead atoms. The van der Waals surface area contributed by atoms with Gasteiger partial charge in [0, 0.05) is 18.2 Å². The van der Waals surface area contributed by atoms with Gasteiger partial charge >= 0.3 is 12.2 Å². The van der Waals surface area contributed by atoms with Gasteiger partial charge in [0.1, 0.15) is 24.2 Å². The minimum Gasteiger partial charge on any atom is -0.449 e. The van der Waals surface area contributed by atoms with E-state index >= 15 is 0 Å². The van der Waals surface area contributed by atoms with Gasteiger partial charge in [-0.1, -0.05) is 62.3 Å². The molecule has 4 aliphatic heterocycles. The van der Waals surface area contributed by atoms with Gasteiger partial charge in [0.25, 0.3) is 5.91 Å². The number of allylic oxidation sites excluding steroid dienone is 2. The Morgan fingerprint density at radius 2 is 1.82 bits per heavy atom. The maximum Gasteiger partial charge on any atom is 0.410 e. The van der Waals surface area contributed by atoms with Crippen LogP contribution >= 0.6 is 11.9 Å². The van der Waals surface area contributed by atoms with Gasteiger partial charge < -0.3 is 25.0 Å². The third kappa shape index (κ3) is 9.41. The number of amides is 5. The molecule has 1 saturated carbocycles. The molecule has 2 fully saturated rings. The second-order valence-electron chi connectivity index (χ2n) is 14.2. The van der Waals surface area contributed by atoms with Crippen molar-refractivity contribution in [3.63, 3.8) is 0 Å². The summed E-state index contributed by atoms with van der Waals surface area (Å²) in [5.41, 5.74) is 3.16. The summed E-state index contributed by atoms with van der Waals surface area (Å²) >= 11 is 1.38. The number of nitrogens with one attached hydrogen (secondary N) is 3. The molecule has 4 heterocycles. The van der Waals surface area contributed by atoms with E-state index in [1.807, 2.05) is 37.3 Å². The number of nitrogens with zero attached hydrogens (tertiary/aromatic N) is 2. The highest BCUT2D eigenvalue weighted by Crippen LogP contribution is 2.32. The second kappa shape index (κ2) is 16.8. The highest BCUT2D eigenvalue weighted by Gasteiger charge is 2.45. The SMILES string of the molecule is C[C@@H]1CC/C=C/c2cccc3c2CN(C3)C(=O)O[C@H]2C[C@H]3C(=O)NC(C(=O)NSC4CC4)C/C=C\CCCCC[C@H](NC(=O)OC1)C(=O)N3C2. The molecule has 1 saturated heterocycles. The lowest BCUT2D eigenvalue weighted by Crippen LogP contribution is -2.56. The molecule has 3 N–H and O–H groups in total. The summed E-state index contributed by atoms with van der Waals surface area (Å²) < 4.78 is 14.5. The number of alkyl carbamates (subject to hydrolysis) is 1. The van der Waals surface area contributed by atoms with Gasteiger partial charge in [-0.3, -0.25) is 24.0 Å². The molecule has 1 unspecified atom stereocenters. The molecule has 0 radical (unpaired) electrons. The van der Waals surface area contributed by atoms with E-state index in [-0.39, 0.29) is 31.4 Å². The first-order valence-corrected chi connectivity index (χ1v) is 19.0.